The van der Waals surface area contributed by atoms with Crippen molar-refractivity contribution in [2.24, 2.45) is 17.8 Å². The summed E-state index contributed by atoms with van der Waals surface area (Å²) in [6.07, 6.45) is 5.55. The fourth-order valence-electron chi connectivity index (χ4n) is 6.04. The van der Waals surface area contributed by atoms with Gasteiger partial charge in [0, 0.05) is 45.2 Å². The lowest BCUT2D eigenvalue weighted by Gasteiger charge is -2.42. The molecule has 178 valence electrons. The molecule has 1 saturated carbocycles. The summed E-state index contributed by atoms with van der Waals surface area (Å²) in [6.45, 7) is 3.65. The maximum atomic E-state index is 13.6. The van der Waals surface area contributed by atoms with E-state index in [1.165, 1.54) is 6.42 Å². The molecule has 3 unspecified atom stereocenters. The van der Waals surface area contributed by atoms with E-state index in [1.807, 2.05) is 47.2 Å². The van der Waals surface area contributed by atoms with Crippen molar-refractivity contribution in [1.82, 2.24) is 20.1 Å². The van der Waals surface area contributed by atoms with Gasteiger partial charge in [-0.1, -0.05) is 37.5 Å². The lowest BCUT2D eigenvalue weighted by Crippen LogP contribution is -2.59. The number of carbonyl (C=O) groups is 3. The van der Waals surface area contributed by atoms with E-state index in [0.717, 1.165) is 31.4 Å². The molecule has 8 nitrogen and oxygen atoms in total. The first-order valence-corrected chi connectivity index (χ1v) is 12.4. The van der Waals surface area contributed by atoms with Crippen LogP contribution in [0.15, 0.2) is 30.3 Å². The largest absolute Gasteiger partial charge is 0.339 e. The van der Waals surface area contributed by atoms with E-state index >= 15 is 0 Å². The van der Waals surface area contributed by atoms with Crippen LogP contribution in [0.2, 0.25) is 0 Å². The average Bonchev–Trinajstić information content (AvgIpc) is 3.20. The fraction of sp³-hybridized carbons (Fsp3) is 0.640. The van der Waals surface area contributed by atoms with Gasteiger partial charge < -0.3 is 14.7 Å². The molecule has 3 heterocycles. The molecule has 1 aromatic rings. The molecule has 3 aliphatic heterocycles. The van der Waals surface area contributed by atoms with Crippen LogP contribution in [-0.4, -0.2) is 84.8 Å². The van der Waals surface area contributed by atoms with Gasteiger partial charge in [0.15, 0.2) is 0 Å². The molecule has 1 aliphatic carbocycles. The molecule has 33 heavy (non-hydrogen) atoms. The zero-order chi connectivity index (χ0) is 22.9. The number of hydrazine groups is 1. The highest BCUT2D eigenvalue weighted by Gasteiger charge is 2.51. The number of amides is 3. The third-order valence-corrected chi connectivity index (χ3v) is 7.89. The minimum absolute atomic E-state index is 0.0263. The standard InChI is InChI=1S/C25H35N5O3/c1-27-16-20(22-21(17-27)25(33)30(26-22)19-10-6-3-7-11-19)24(32)29-14-12-28(13-15-29)23(31)18-8-4-2-5-9-18/h3,6-7,10-11,18,20-22,26H,2,4-5,8-9,12-17H2,1H3. The third kappa shape index (κ3) is 4.38. The Morgan fingerprint density at radius 1 is 0.879 bits per heavy atom. The quantitative estimate of drug-likeness (QED) is 0.748. The predicted octanol–water partition coefficient (Wildman–Crippen LogP) is 1.34. The number of para-hydroxylation sites is 1. The van der Waals surface area contributed by atoms with Crippen LogP contribution >= 0.6 is 0 Å². The van der Waals surface area contributed by atoms with Gasteiger partial charge in [0.05, 0.1) is 23.6 Å². The molecule has 5 rings (SSSR count). The Morgan fingerprint density at radius 2 is 1.52 bits per heavy atom. The highest BCUT2D eigenvalue weighted by atomic mass is 16.2. The van der Waals surface area contributed by atoms with Crippen molar-refractivity contribution in [3.8, 4) is 0 Å². The second-order valence-corrected chi connectivity index (χ2v) is 10.1. The molecule has 0 aromatic heterocycles. The number of piperazine rings is 1. The van der Waals surface area contributed by atoms with E-state index in [0.29, 0.717) is 39.3 Å². The van der Waals surface area contributed by atoms with Gasteiger partial charge in [0.1, 0.15) is 0 Å². The summed E-state index contributed by atoms with van der Waals surface area (Å²) in [5.41, 5.74) is 4.17. The second-order valence-electron chi connectivity index (χ2n) is 10.1. The lowest BCUT2D eigenvalue weighted by atomic mass is 9.83. The maximum Gasteiger partial charge on any atom is 0.247 e. The molecule has 0 bridgehead atoms. The normalized spacial score (nSPS) is 29.3. The van der Waals surface area contributed by atoms with E-state index in [-0.39, 0.29) is 41.5 Å². The number of nitrogens with one attached hydrogen (secondary N) is 1. The van der Waals surface area contributed by atoms with Crippen molar-refractivity contribution in [2.45, 2.75) is 38.1 Å². The van der Waals surface area contributed by atoms with Crippen LogP contribution in [0.3, 0.4) is 0 Å². The first kappa shape index (κ1) is 22.3. The predicted molar refractivity (Wildman–Crippen MR) is 125 cm³/mol. The van der Waals surface area contributed by atoms with Crippen molar-refractivity contribution in [2.75, 3.05) is 51.3 Å². The summed E-state index contributed by atoms with van der Waals surface area (Å²) >= 11 is 0. The van der Waals surface area contributed by atoms with Gasteiger partial charge in [-0.2, -0.15) is 0 Å². The van der Waals surface area contributed by atoms with E-state index in [9.17, 15) is 14.4 Å². The van der Waals surface area contributed by atoms with Crippen LogP contribution in [-0.2, 0) is 14.4 Å². The molecule has 1 aromatic carbocycles. The summed E-state index contributed by atoms with van der Waals surface area (Å²) in [5, 5.41) is 1.62. The van der Waals surface area contributed by atoms with Gasteiger partial charge >= 0.3 is 0 Å². The van der Waals surface area contributed by atoms with Crippen molar-refractivity contribution in [1.29, 1.82) is 0 Å². The Morgan fingerprint density at radius 3 is 2.18 bits per heavy atom. The molecule has 3 amide bonds. The number of anilines is 1. The SMILES string of the molecule is CN1CC(C(=O)N2CCN(C(=O)C3CCCCC3)CC2)C2NN(c3ccccc3)C(=O)C2C1. The van der Waals surface area contributed by atoms with Crippen molar-refractivity contribution >= 4 is 23.4 Å². The molecule has 8 heteroatoms. The number of hydrogen-bond acceptors (Lipinski definition) is 5. The van der Waals surface area contributed by atoms with Crippen LogP contribution in [0.5, 0.6) is 0 Å². The minimum Gasteiger partial charge on any atom is -0.339 e. The number of benzene rings is 1. The number of fused-ring (bicyclic) bond motifs is 1. The summed E-state index contributed by atoms with van der Waals surface area (Å²) in [5.74, 6) is 0.0429. The Kier molecular flexibility index (Phi) is 6.38. The van der Waals surface area contributed by atoms with Crippen LogP contribution in [0.4, 0.5) is 5.69 Å². The van der Waals surface area contributed by atoms with Crippen LogP contribution < -0.4 is 10.4 Å². The molecule has 0 spiro atoms. The van der Waals surface area contributed by atoms with Gasteiger partial charge in [-0.05, 0) is 32.0 Å². The molecule has 0 radical (unpaired) electrons. The number of carbonyl (C=O) groups excluding carboxylic acids is 3. The number of nitrogens with zero attached hydrogens (tertiary/aromatic N) is 4. The number of hydrogen-bond donors (Lipinski definition) is 1. The first-order chi connectivity index (χ1) is 16.0. The van der Waals surface area contributed by atoms with E-state index in [1.54, 1.807) is 5.01 Å². The van der Waals surface area contributed by atoms with Crippen LogP contribution in [0.1, 0.15) is 32.1 Å². The topological polar surface area (TPSA) is 76.2 Å². The number of piperidine rings is 1. The minimum atomic E-state index is -0.285. The van der Waals surface area contributed by atoms with Gasteiger partial charge in [0.2, 0.25) is 17.7 Å². The smallest absolute Gasteiger partial charge is 0.247 e. The summed E-state index contributed by atoms with van der Waals surface area (Å²) < 4.78 is 0. The highest BCUT2D eigenvalue weighted by molar-refractivity contribution is 5.98. The average molecular weight is 454 g/mol. The van der Waals surface area contributed by atoms with Gasteiger partial charge in [-0.3, -0.25) is 14.4 Å². The Balaban J connectivity index is 1.24. The van der Waals surface area contributed by atoms with Crippen LogP contribution in [0, 0.1) is 17.8 Å². The number of rotatable bonds is 3. The van der Waals surface area contributed by atoms with Crippen LogP contribution in [0.25, 0.3) is 0 Å². The first-order valence-electron chi connectivity index (χ1n) is 12.4. The van der Waals surface area contributed by atoms with Gasteiger partial charge in [0.25, 0.3) is 0 Å². The molecular weight excluding hydrogens is 418 g/mol. The molecular formula is C25H35N5O3. The molecule has 4 aliphatic rings. The summed E-state index contributed by atoms with van der Waals surface area (Å²) in [4.78, 5) is 45.6. The zero-order valence-electron chi connectivity index (χ0n) is 19.5. The fourth-order valence-corrected chi connectivity index (χ4v) is 6.04. The Labute approximate surface area is 195 Å². The Hall–Kier alpha value is -2.45. The van der Waals surface area contributed by atoms with E-state index < -0.39 is 0 Å². The molecule has 3 atom stereocenters. The lowest BCUT2D eigenvalue weighted by molar-refractivity contribution is -0.146. The van der Waals surface area contributed by atoms with Crippen molar-refractivity contribution in [3.63, 3.8) is 0 Å². The Bertz CT molecular complexity index is 879. The van der Waals surface area contributed by atoms with Crippen molar-refractivity contribution in [3.05, 3.63) is 30.3 Å². The molecule has 3 saturated heterocycles. The van der Waals surface area contributed by atoms with Gasteiger partial charge in [-0.25, -0.2) is 10.4 Å². The monoisotopic (exact) mass is 453 g/mol. The van der Waals surface area contributed by atoms with Gasteiger partial charge in [-0.15, -0.1) is 0 Å². The van der Waals surface area contributed by atoms with E-state index in [4.69, 9.17) is 0 Å². The number of likely N-dealkylation sites (tertiary alicyclic amines) is 1. The summed E-state index contributed by atoms with van der Waals surface area (Å²) in [7, 11) is 1.98. The van der Waals surface area contributed by atoms with E-state index in [2.05, 4.69) is 10.3 Å². The molecule has 1 N–H and O–H groups in total. The summed E-state index contributed by atoms with van der Waals surface area (Å²) in [6, 6.07) is 9.36. The molecule has 4 fully saturated rings. The van der Waals surface area contributed by atoms with Crippen molar-refractivity contribution < 1.29 is 14.4 Å². The second kappa shape index (κ2) is 9.43. The third-order valence-electron chi connectivity index (χ3n) is 7.89. The highest BCUT2D eigenvalue weighted by Crippen LogP contribution is 2.32. The zero-order valence-corrected chi connectivity index (χ0v) is 19.5. The maximum absolute atomic E-state index is 13.6.